The van der Waals surface area contributed by atoms with Gasteiger partial charge in [-0.1, -0.05) is 15.9 Å². The number of carbonyl (C=O) groups excluding carboxylic acids is 1. The van der Waals surface area contributed by atoms with Gasteiger partial charge in [-0.2, -0.15) is 0 Å². The van der Waals surface area contributed by atoms with Crippen LogP contribution in [0.15, 0.2) is 16.6 Å². The molecular formula is C15H22BrN2O3+. The van der Waals surface area contributed by atoms with Crippen LogP contribution in [0.2, 0.25) is 0 Å². The molecule has 1 atom stereocenters. The Morgan fingerprint density at radius 2 is 1.90 bits per heavy atom. The summed E-state index contributed by atoms with van der Waals surface area (Å²) in [6, 6.07) is 3.96. The molecule has 1 aliphatic rings. The minimum atomic E-state index is 0.114. The lowest BCUT2D eigenvalue weighted by molar-refractivity contribution is -0.907. The predicted octanol–water partition coefficient (Wildman–Crippen LogP) is 0.761. The van der Waals surface area contributed by atoms with Crippen LogP contribution in [0.3, 0.4) is 0 Å². The van der Waals surface area contributed by atoms with Gasteiger partial charge in [0.15, 0.2) is 18.0 Å². The van der Waals surface area contributed by atoms with Crippen LogP contribution in [0.25, 0.3) is 0 Å². The first-order valence-corrected chi connectivity index (χ1v) is 8.11. The number of hydrogen-bond donors (Lipinski definition) is 2. The van der Waals surface area contributed by atoms with Crippen molar-refractivity contribution in [3.63, 3.8) is 0 Å². The highest BCUT2D eigenvalue weighted by molar-refractivity contribution is 9.10. The molecule has 0 radical (unpaired) electrons. The third-order valence-corrected chi connectivity index (χ3v) is 4.10. The van der Waals surface area contributed by atoms with Gasteiger partial charge >= 0.3 is 0 Å². The maximum atomic E-state index is 11.5. The molecule has 6 heteroatoms. The van der Waals surface area contributed by atoms with Crippen molar-refractivity contribution in [3.05, 3.63) is 22.2 Å². The predicted molar refractivity (Wildman–Crippen MR) is 83.9 cm³/mol. The molecular weight excluding hydrogens is 336 g/mol. The Labute approximate surface area is 133 Å². The highest BCUT2D eigenvalue weighted by Gasteiger charge is 2.21. The molecule has 5 nitrogen and oxygen atoms in total. The number of rotatable bonds is 6. The maximum absolute atomic E-state index is 11.5. The van der Waals surface area contributed by atoms with Crippen molar-refractivity contribution < 1.29 is 19.2 Å². The van der Waals surface area contributed by atoms with Crippen molar-refractivity contribution in [3.8, 4) is 11.5 Å². The lowest BCUT2D eigenvalue weighted by atomic mass is 10.1. The third-order valence-electron chi connectivity index (χ3n) is 3.36. The number of ether oxygens (including phenoxy) is 2. The van der Waals surface area contributed by atoms with Gasteiger partial charge in [0.25, 0.3) is 5.91 Å². The summed E-state index contributed by atoms with van der Waals surface area (Å²) >= 11 is 3.59. The van der Waals surface area contributed by atoms with Crippen molar-refractivity contribution in [2.24, 2.45) is 0 Å². The summed E-state index contributed by atoms with van der Waals surface area (Å²) in [5, 5.41) is 2.85. The van der Waals surface area contributed by atoms with E-state index in [-0.39, 0.29) is 5.91 Å². The van der Waals surface area contributed by atoms with E-state index in [4.69, 9.17) is 9.47 Å². The van der Waals surface area contributed by atoms with Crippen LogP contribution in [0, 0.1) is 0 Å². The average molecular weight is 358 g/mol. The van der Waals surface area contributed by atoms with Gasteiger partial charge in [-0.15, -0.1) is 0 Å². The fourth-order valence-corrected chi connectivity index (χ4v) is 2.89. The van der Waals surface area contributed by atoms with Gasteiger partial charge in [0, 0.05) is 10.0 Å². The molecule has 2 rings (SSSR count). The second-order valence-corrected chi connectivity index (χ2v) is 5.81. The lowest BCUT2D eigenvalue weighted by Gasteiger charge is -2.24. The van der Waals surface area contributed by atoms with Gasteiger partial charge in [0.2, 0.25) is 0 Å². The van der Waals surface area contributed by atoms with Crippen LogP contribution in [-0.4, -0.2) is 38.8 Å². The zero-order chi connectivity index (χ0) is 15.2. The van der Waals surface area contributed by atoms with E-state index >= 15 is 0 Å². The Kier molecular flexibility index (Phi) is 5.87. The number of carbonyl (C=O) groups is 1. The summed E-state index contributed by atoms with van der Waals surface area (Å²) in [5.74, 6) is 1.63. The molecule has 0 bridgehead atoms. The van der Waals surface area contributed by atoms with Gasteiger partial charge in [-0.25, -0.2) is 0 Å². The number of amides is 1. The van der Waals surface area contributed by atoms with E-state index in [0.717, 1.165) is 41.2 Å². The van der Waals surface area contributed by atoms with Crippen LogP contribution in [0.4, 0.5) is 0 Å². The molecule has 1 saturated heterocycles. The second-order valence-electron chi connectivity index (χ2n) is 4.96. The summed E-state index contributed by atoms with van der Waals surface area (Å²) < 4.78 is 12.3. The molecule has 1 amide bonds. The van der Waals surface area contributed by atoms with Crippen molar-refractivity contribution >= 4 is 21.8 Å². The Morgan fingerprint density at radius 1 is 1.24 bits per heavy atom. The summed E-state index contributed by atoms with van der Waals surface area (Å²) in [7, 11) is 0. The molecule has 1 heterocycles. The highest BCUT2D eigenvalue weighted by atomic mass is 79.9. The van der Waals surface area contributed by atoms with Crippen LogP contribution in [0.1, 0.15) is 19.4 Å². The standard InChI is InChI=1S/C15H21BrN2O3/c1-3-20-13-7-11(12(16)8-14(13)21-4-2)9-18-6-5-17-15(19)10-18/h7-8H,3-6,9-10H2,1-2H3,(H,17,19)/p+1. The van der Waals surface area contributed by atoms with E-state index in [2.05, 4.69) is 21.2 Å². The summed E-state index contributed by atoms with van der Waals surface area (Å²) in [4.78, 5) is 12.7. The third kappa shape index (κ3) is 4.35. The monoisotopic (exact) mass is 357 g/mol. The zero-order valence-corrected chi connectivity index (χ0v) is 14.1. The minimum Gasteiger partial charge on any atom is -0.490 e. The molecule has 1 fully saturated rings. The number of piperazine rings is 1. The Bertz CT molecular complexity index is 508. The molecule has 1 aromatic rings. The Morgan fingerprint density at radius 3 is 2.52 bits per heavy atom. The lowest BCUT2D eigenvalue weighted by Crippen LogP contribution is -3.14. The molecule has 0 saturated carbocycles. The minimum absolute atomic E-state index is 0.114. The molecule has 0 aliphatic carbocycles. The average Bonchev–Trinajstić information content (AvgIpc) is 2.44. The zero-order valence-electron chi connectivity index (χ0n) is 12.5. The fourth-order valence-electron chi connectivity index (χ4n) is 2.43. The number of quaternary nitrogens is 1. The summed E-state index contributed by atoms with van der Waals surface area (Å²) in [5.41, 5.74) is 1.13. The van der Waals surface area contributed by atoms with Crippen LogP contribution in [-0.2, 0) is 11.3 Å². The number of benzene rings is 1. The van der Waals surface area contributed by atoms with Crippen molar-refractivity contribution in [2.75, 3.05) is 32.8 Å². The van der Waals surface area contributed by atoms with Crippen LogP contribution >= 0.6 is 15.9 Å². The van der Waals surface area contributed by atoms with E-state index in [0.29, 0.717) is 19.8 Å². The van der Waals surface area contributed by atoms with E-state index in [1.165, 1.54) is 4.90 Å². The normalized spacial score (nSPS) is 18.2. The first kappa shape index (κ1) is 16.1. The smallest absolute Gasteiger partial charge is 0.275 e. The van der Waals surface area contributed by atoms with Gasteiger partial charge < -0.3 is 19.7 Å². The molecule has 1 aromatic carbocycles. The van der Waals surface area contributed by atoms with Gasteiger partial charge in [0.05, 0.1) is 26.3 Å². The Balaban J connectivity index is 2.18. The summed E-state index contributed by atoms with van der Waals surface area (Å²) in [6.45, 7) is 8.09. The topological polar surface area (TPSA) is 52.0 Å². The number of hydrogen-bond acceptors (Lipinski definition) is 3. The largest absolute Gasteiger partial charge is 0.490 e. The fraction of sp³-hybridized carbons (Fsp3) is 0.533. The van der Waals surface area contributed by atoms with Gasteiger partial charge in [-0.3, -0.25) is 4.79 Å². The summed E-state index contributed by atoms with van der Waals surface area (Å²) in [6.07, 6.45) is 0. The molecule has 2 N–H and O–H groups in total. The van der Waals surface area contributed by atoms with Gasteiger partial charge in [0.1, 0.15) is 6.54 Å². The van der Waals surface area contributed by atoms with E-state index in [1.807, 2.05) is 26.0 Å². The highest BCUT2D eigenvalue weighted by Crippen LogP contribution is 2.33. The molecule has 0 aromatic heterocycles. The first-order chi connectivity index (χ1) is 10.1. The number of nitrogens with one attached hydrogen (secondary N) is 2. The van der Waals surface area contributed by atoms with Crippen LogP contribution < -0.4 is 19.7 Å². The van der Waals surface area contributed by atoms with Crippen LogP contribution in [0.5, 0.6) is 11.5 Å². The van der Waals surface area contributed by atoms with Crippen molar-refractivity contribution in [1.82, 2.24) is 5.32 Å². The quantitative estimate of drug-likeness (QED) is 0.790. The van der Waals surface area contributed by atoms with Crippen molar-refractivity contribution in [2.45, 2.75) is 20.4 Å². The molecule has 1 unspecified atom stereocenters. The van der Waals surface area contributed by atoms with E-state index < -0.39 is 0 Å². The first-order valence-electron chi connectivity index (χ1n) is 7.32. The Hall–Kier alpha value is -1.27. The van der Waals surface area contributed by atoms with Gasteiger partial charge in [-0.05, 0) is 26.0 Å². The van der Waals surface area contributed by atoms with E-state index in [9.17, 15) is 4.79 Å². The van der Waals surface area contributed by atoms with Crippen molar-refractivity contribution in [1.29, 1.82) is 0 Å². The second kappa shape index (κ2) is 7.66. The molecule has 1 aliphatic heterocycles. The molecule has 21 heavy (non-hydrogen) atoms. The number of halogens is 1. The van der Waals surface area contributed by atoms with E-state index in [1.54, 1.807) is 0 Å². The molecule has 116 valence electrons. The molecule has 0 spiro atoms. The SMILES string of the molecule is CCOc1cc(Br)c(C[NH+]2CCNC(=O)C2)cc1OCC. The maximum Gasteiger partial charge on any atom is 0.275 e.